The van der Waals surface area contributed by atoms with Gasteiger partial charge in [0.2, 0.25) is 6.20 Å². The normalized spacial score (nSPS) is 10.3. The van der Waals surface area contributed by atoms with Gasteiger partial charge in [-0.15, -0.1) is 11.6 Å². The molecule has 0 aromatic rings. The molecule has 0 aliphatic carbocycles. The Morgan fingerprint density at radius 3 is 2.78 bits per heavy atom. The largest absolute Gasteiger partial charge is 0.259 e. The first-order chi connectivity index (χ1) is 4.27. The molecular formula is C5H8ClNO2. The van der Waals surface area contributed by atoms with E-state index in [4.69, 9.17) is 11.6 Å². The van der Waals surface area contributed by atoms with Gasteiger partial charge < -0.3 is 0 Å². The lowest BCUT2D eigenvalue weighted by molar-refractivity contribution is -0.402. The third-order valence-corrected chi connectivity index (χ3v) is 0.999. The van der Waals surface area contributed by atoms with Gasteiger partial charge in [-0.3, -0.25) is 10.1 Å². The standard InChI is InChI=1S/C5H8ClNO2/c6-4-2-1-3-5-7(8)9/h3,5H,1-2,4H2. The molecule has 0 aromatic heterocycles. The van der Waals surface area contributed by atoms with Gasteiger partial charge in [0.15, 0.2) is 0 Å². The molecule has 0 saturated carbocycles. The number of nitrogens with zero attached hydrogens (tertiary/aromatic N) is 1. The fourth-order valence-electron chi connectivity index (χ4n) is 0.356. The Bertz CT molecular complexity index is 114. The van der Waals surface area contributed by atoms with Gasteiger partial charge in [0.05, 0.1) is 4.92 Å². The number of alkyl halides is 1. The minimum Gasteiger partial charge on any atom is -0.259 e. The van der Waals surface area contributed by atoms with E-state index in [1.807, 2.05) is 0 Å². The van der Waals surface area contributed by atoms with Crippen LogP contribution in [0.5, 0.6) is 0 Å². The second-order valence-electron chi connectivity index (χ2n) is 1.50. The van der Waals surface area contributed by atoms with Crippen molar-refractivity contribution < 1.29 is 4.92 Å². The minimum atomic E-state index is -0.478. The van der Waals surface area contributed by atoms with Crippen LogP contribution in [-0.2, 0) is 0 Å². The maximum absolute atomic E-state index is 9.65. The Kier molecular flexibility index (Phi) is 5.21. The topological polar surface area (TPSA) is 43.1 Å². The van der Waals surface area contributed by atoms with Crippen LogP contribution in [0, 0.1) is 10.1 Å². The zero-order valence-corrected chi connectivity index (χ0v) is 5.67. The second kappa shape index (κ2) is 5.56. The molecular weight excluding hydrogens is 142 g/mol. The molecule has 0 saturated heterocycles. The maximum atomic E-state index is 9.65. The van der Waals surface area contributed by atoms with Gasteiger partial charge >= 0.3 is 0 Å². The predicted octanol–water partition coefficient (Wildman–Crippen LogP) is 1.80. The van der Waals surface area contributed by atoms with E-state index in [0.29, 0.717) is 12.3 Å². The number of hydrogen-bond acceptors (Lipinski definition) is 2. The van der Waals surface area contributed by atoms with Gasteiger partial charge in [-0.1, -0.05) is 0 Å². The summed E-state index contributed by atoms with van der Waals surface area (Å²) in [4.78, 5) is 9.17. The van der Waals surface area contributed by atoms with Crippen LogP contribution < -0.4 is 0 Å². The molecule has 0 aromatic carbocycles. The molecule has 0 N–H and O–H groups in total. The summed E-state index contributed by atoms with van der Waals surface area (Å²) in [6, 6.07) is 0. The zero-order chi connectivity index (χ0) is 7.11. The summed E-state index contributed by atoms with van der Waals surface area (Å²) < 4.78 is 0. The Morgan fingerprint density at radius 1 is 1.67 bits per heavy atom. The van der Waals surface area contributed by atoms with E-state index in [2.05, 4.69) is 0 Å². The molecule has 0 aliphatic rings. The summed E-state index contributed by atoms with van der Waals surface area (Å²) in [6.07, 6.45) is 3.92. The molecule has 0 fully saturated rings. The van der Waals surface area contributed by atoms with E-state index in [-0.39, 0.29) is 0 Å². The average Bonchev–Trinajstić information content (AvgIpc) is 1.80. The van der Waals surface area contributed by atoms with E-state index < -0.39 is 4.92 Å². The molecule has 0 heterocycles. The van der Waals surface area contributed by atoms with E-state index in [1.165, 1.54) is 6.08 Å². The van der Waals surface area contributed by atoms with Crippen molar-refractivity contribution in [1.29, 1.82) is 0 Å². The molecule has 0 rings (SSSR count). The predicted molar refractivity (Wildman–Crippen MR) is 36.1 cm³/mol. The SMILES string of the molecule is O=[N+]([O-])C=CCCCCl. The molecule has 0 aliphatic heterocycles. The van der Waals surface area contributed by atoms with Gasteiger partial charge in [-0.05, 0) is 18.9 Å². The molecule has 3 nitrogen and oxygen atoms in total. The molecule has 4 heteroatoms. The quantitative estimate of drug-likeness (QED) is 0.265. The maximum Gasteiger partial charge on any atom is 0.230 e. The summed E-state index contributed by atoms with van der Waals surface area (Å²) in [5.41, 5.74) is 0. The molecule has 0 amide bonds. The van der Waals surface area contributed by atoms with Crippen LogP contribution in [0.4, 0.5) is 0 Å². The first-order valence-electron chi connectivity index (χ1n) is 2.63. The van der Waals surface area contributed by atoms with Crippen molar-refractivity contribution in [3.05, 3.63) is 22.4 Å². The highest BCUT2D eigenvalue weighted by Gasteiger charge is 1.83. The van der Waals surface area contributed by atoms with Crippen molar-refractivity contribution in [2.75, 3.05) is 5.88 Å². The highest BCUT2D eigenvalue weighted by Crippen LogP contribution is 1.92. The van der Waals surface area contributed by atoms with E-state index >= 15 is 0 Å². The lowest BCUT2D eigenvalue weighted by atomic mass is 10.3. The fourth-order valence-corrected chi connectivity index (χ4v) is 0.510. The van der Waals surface area contributed by atoms with Gasteiger partial charge in [-0.25, -0.2) is 0 Å². The van der Waals surface area contributed by atoms with Crippen molar-refractivity contribution in [3.8, 4) is 0 Å². The third kappa shape index (κ3) is 7.43. The van der Waals surface area contributed by atoms with Crippen LogP contribution in [0.2, 0.25) is 0 Å². The number of allylic oxidation sites excluding steroid dienone is 1. The molecule has 52 valence electrons. The number of unbranched alkanes of at least 4 members (excludes halogenated alkanes) is 1. The number of rotatable bonds is 4. The number of nitro groups is 1. The highest BCUT2D eigenvalue weighted by molar-refractivity contribution is 6.17. The highest BCUT2D eigenvalue weighted by atomic mass is 35.5. The van der Waals surface area contributed by atoms with E-state index in [0.717, 1.165) is 12.6 Å². The van der Waals surface area contributed by atoms with Crippen LogP contribution in [0.1, 0.15) is 12.8 Å². The molecule has 0 spiro atoms. The Labute approximate surface area is 58.5 Å². The molecule has 0 atom stereocenters. The first kappa shape index (κ1) is 8.43. The summed E-state index contributed by atoms with van der Waals surface area (Å²) in [7, 11) is 0. The molecule has 0 bridgehead atoms. The van der Waals surface area contributed by atoms with Gasteiger partial charge in [0, 0.05) is 5.88 Å². The summed E-state index contributed by atoms with van der Waals surface area (Å²) in [6.45, 7) is 0. The summed E-state index contributed by atoms with van der Waals surface area (Å²) in [5, 5.41) is 9.65. The van der Waals surface area contributed by atoms with Gasteiger partial charge in [0.1, 0.15) is 0 Å². The van der Waals surface area contributed by atoms with Crippen molar-refractivity contribution in [2.45, 2.75) is 12.8 Å². The van der Waals surface area contributed by atoms with Crippen LogP contribution in [0.25, 0.3) is 0 Å². The van der Waals surface area contributed by atoms with E-state index in [9.17, 15) is 10.1 Å². The average molecular weight is 150 g/mol. The summed E-state index contributed by atoms with van der Waals surface area (Å²) >= 11 is 5.31. The van der Waals surface area contributed by atoms with E-state index in [1.54, 1.807) is 0 Å². The monoisotopic (exact) mass is 149 g/mol. The molecule has 0 unspecified atom stereocenters. The van der Waals surface area contributed by atoms with Gasteiger partial charge in [-0.2, -0.15) is 0 Å². The van der Waals surface area contributed by atoms with Crippen molar-refractivity contribution in [2.24, 2.45) is 0 Å². The van der Waals surface area contributed by atoms with Crippen molar-refractivity contribution in [1.82, 2.24) is 0 Å². The number of halogens is 1. The van der Waals surface area contributed by atoms with Crippen LogP contribution >= 0.6 is 11.6 Å². The van der Waals surface area contributed by atoms with Crippen LogP contribution in [0.3, 0.4) is 0 Å². The molecule has 9 heavy (non-hydrogen) atoms. The third-order valence-electron chi connectivity index (χ3n) is 0.732. The van der Waals surface area contributed by atoms with Crippen LogP contribution in [0.15, 0.2) is 12.3 Å². The van der Waals surface area contributed by atoms with Crippen molar-refractivity contribution in [3.63, 3.8) is 0 Å². The molecule has 0 radical (unpaired) electrons. The smallest absolute Gasteiger partial charge is 0.230 e. The lowest BCUT2D eigenvalue weighted by Crippen LogP contribution is -1.82. The Hall–Kier alpha value is -0.570. The summed E-state index contributed by atoms with van der Waals surface area (Å²) in [5.74, 6) is 0.558. The van der Waals surface area contributed by atoms with Crippen LogP contribution in [-0.4, -0.2) is 10.8 Å². The Balaban J connectivity index is 3.15. The lowest BCUT2D eigenvalue weighted by Gasteiger charge is -1.82. The second-order valence-corrected chi connectivity index (χ2v) is 1.88. The minimum absolute atomic E-state index is 0.478. The van der Waals surface area contributed by atoms with Crippen molar-refractivity contribution >= 4 is 11.6 Å². The fraction of sp³-hybridized carbons (Fsp3) is 0.600. The zero-order valence-electron chi connectivity index (χ0n) is 4.92. The van der Waals surface area contributed by atoms with Gasteiger partial charge in [0.25, 0.3) is 0 Å². The first-order valence-corrected chi connectivity index (χ1v) is 3.17. The Morgan fingerprint density at radius 2 is 2.33 bits per heavy atom. The number of hydrogen-bond donors (Lipinski definition) is 0.